The van der Waals surface area contributed by atoms with E-state index >= 15 is 0 Å². The van der Waals surface area contributed by atoms with E-state index in [9.17, 15) is 14.4 Å². The molecule has 1 atom stereocenters. The summed E-state index contributed by atoms with van der Waals surface area (Å²) < 4.78 is 4.74. The molecule has 2 rings (SSSR count). The molecule has 0 aliphatic carbocycles. The van der Waals surface area contributed by atoms with Gasteiger partial charge in [0, 0.05) is 11.3 Å². The molecule has 0 unspecified atom stereocenters. The van der Waals surface area contributed by atoms with E-state index in [0.717, 1.165) is 22.2 Å². The number of nitrogens with two attached hydrogens (primary N) is 1. The minimum absolute atomic E-state index is 0.0513. The molecule has 2 amide bonds. The Morgan fingerprint density at radius 3 is 2.64 bits per heavy atom. The number of amidine groups is 1. The van der Waals surface area contributed by atoms with E-state index in [0.29, 0.717) is 10.6 Å². The Hall–Kier alpha value is -1.87. The maximum absolute atomic E-state index is 12.1. The molecule has 0 aromatic carbocycles. The molecule has 0 radical (unpaired) electrons. The lowest BCUT2D eigenvalue weighted by molar-refractivity contribution is -0.121. The van der Waals surface area contributed by atoms with E-state index in [1.54, 1.807) is 6.92 Å². The van der Waals surface area contributed by atoms with Crippen LogP contribution in [0.15, 0.2) is 4.99 Å². The van der Waals surface area contributed by atoms with Crippen LogP contribution in [0.1, 0.15) is 27.2 Å². The lowest BCUT2D eigenvalue weighted by Crippen LogP contribution is -2.22. The summed E-state index contributed by atoms with van der Waals surface area (Å²) in [5.74, 6) is -1.29. The summed E-state index contributed by atoms with van der Waals surface area (Å²) in [5, 5.41) is 2.66. The molecule has 7 nitrogen and oxygen atoms in total. The molecule has 1 aromatic rings. The third-order valence-corrected chi connectivity index (χ3v) is 5.27. The van der Waals surface area contributed by atoms with Gasteiger partial charge >= 0.3 is 5.97 Å². The minimum Gasteiger partial charge on any atom is -0.465 e. The Morgan fingerprint density at radius 2 is 2.09 bits per heavy atom. The summed E-state index contributed by atoms with van der Waals surface area (Å²) in [6.45, 7) is 3.64. The van der Waals surface area contributed by atoms with Gasteiger partial charge < -0.3 is 15.8 Å². The summed E-state index contributed by atoms with van der Waals surface area (Å²) in [6, 6.07) is 0. The number of esters is 1. The maximum Gasteiger partial charge on any atom is 0.341 e. The van der Waals surface area contributed by atoms with Crippen LogP contribution < -0.4 is 11.1 Å². The molecule has 0 spiro atoms. The zero-order valence-corrected chi connectivity index (χ0v) is 13.9. The number of aryl methyl sites for hydroxylation is 1. The number of rotatable bonds is 4. The number of hydrogen-bond donors (Lipinski definition) is 2. The number of carbonyl (C=O) groups is 3. The summed E-state index contributed by atoms with van der Waals surface area (Å²) in [4.78, 5) is 39.9. The normalized spacial score (nSPS) is 17.3. The standard InChI is InChI=1S/C13H15N3O4S2/c1-5-6(2)21-11(9(5)12(19)20-3)15-8(17)4-7-10(18)16-13(14)22-7/h7H,4H2,1-3H3,(H,15,17)(H2,14,16,18)/t7-/m0/s1. The molecule has 0 saturated carbocycles. The van der Waals surface area contributed by atoms with E-state index in [1.807, 2.05) is 6.92 Å². The highest BCUT2D eigenvalue weighted by Crippen LogP contribution is 2.33. The minimum atomic E-state index is -0.608. The van der Waals surface area contributed by atoms with Crippen molar-refractivity contribution in [1.29, 1.82) is 0 Å². The summed E-state index contributed by atoms with van der Waals surface area (Å²) in [7, 11) is 1.29. The second kappa shape index (κ2) is 6.49. The molecular weight excluding hydrogens is 326 g/mol. The van der Waals surface area contributed by atoms with Gasteiger partial charge in [0.2, 0.25) is 5.91 Å². The van der Waals surface area contributed by atoms with Crippen molar-refractivity contribution in [2.24, 2.45) is 10.7 Å². The first-order valence-electron chi connectivity index (χ1n) is 6.36. The van der Waals surface area contributed by atoms with Gasteiger partial charge in [-0.2, -0.15) is 4.99 Å². The molecule has 2 heterocycles. The molecule has 1 aliphatic heterocycles. The van der Waals surface area contributed by atoms with Crippen molar-refractivity contribution >= 4 is 51.1 Å². The van der Waals surface area contributed by atoms with E-state index in [2.05, 4.69) is 10.3 Å². The molecule has 3 N–H and O–H groups in total. The summed E-state index contributed by atoms with van der Waals surface area (Å²) in [5.41, 5.74) is 6.57. The average molecular weight is 341 g/mol. The van der Waals surface area contributed by atoms with Gasteiger partial charge in [-0.05, 0) is 19.4 Å². The highest BCUT2D eigenvalue weighted by Gasteiger charge is 2.30. The molecule has 22 heavy (non-hydrogen) atoms. The quantitative estimate of drug-likeness (QED) is 0.802. The SMILES string of the molecule is COC(=O)c1c(NC(=O)C[C@@H]2SC(N)=NC2=O)sc(C)c1C. The van der Waals surface area contributed by atoms with Gasteiger partial charge in [0.05, 0.1) is 12.7 Å². The fourth-order valence-electron chi connectivity index (χ4n) is 1.94. The van der Waals surface area contributed by atoms with Gasteiger partial charge in [0.1, 0.15) is 10.3 Å². The highest BCUT2D eigenvalue weighted by atomic mass is 32.2. The number of anilines is 1. The number of carbonyl (C=O) groups excluding carboxylic acids is 3. The second-order valence-corrected chi connectivity index (χ2v) is 7.07. The Bertz CT molecular complexity index is 681. The summed E-state index contributed by atoms with van der Waals surface area (Å²) in [6.07, 6.45) is -0.0513. The summed E-state index contributed by atoms with van der Waals surface area (Å²) >= 11 is 2.36. The van der Waals surface area contributed by atoms with E-state index in [-0.39, 0.29) is 17.5 Å². The molecule has 0 fully saturated rings. The number of amides is 2. The lowest BCUT2D eigenvalue weighted by Gasteiger charge is -2.08. The largest absolute Gasteiger partial charge is 0.465 e. The number of nitrogens with zero attached hydrogens (tertiary/aromatic N) is 1. The van der Waals surface area contributed by atoms with Gasteiger partial charge in [0.15, 0.2) is 5.17 Å². The number of methoxy groups -OCH3 is 1. The van der Waals surface area contributed by atoms with Gasteiger partial charge in [-0.25, -0.2) is 4.79 Å². The van der Waals surface area contributed by atoms with Crippen LogP contribution in [0.4, 0.5) is 5.00 Å². The van der Waals surface area contributed by atoms with Gasteiger partial charge in [-0.3, -0.25) is 9.59 Å². The first-order chi connectivity index (χ1) is 10.3. The number of thiophene rings is 1. The van der Waals surface area contributed by atoms with Gasteiger partial charge in [-0.1, -0.05) is 11.8 Å². The Morgan fingerprint density at radius 1 is 1.41 bits per heavy atom. The fraction of sp³-hybridized carbons (Fsp3) is 0.385. The predicted octanol–water partition coefficient (Wildman–Crippen LogP) is 1.44. The van der Waals surface area contributed by atoms with Gasteiger partial charge in [0.25, 0.3) is 5.91 Å². The third-order valence-electron chi connectivity index (χ3n) is 3.16. The van der Waals surface area contributed by atoms with Crippen LogP contribution in [-0.4, -0.2) is 35.3 Å². The Kier molecular flexibility index (Phi) is 4.87. The Labute approximate surface area is 135 Å². The highest BCUT2D eigenvalue weighted by molar-refractivity contribution is 8.15. The number of aliphatic imine (C=N–C) groups is 1. The second-order valence-electron chi connectivity index (χ2n) is 4.63. The van der Waals surface area contributed by atoms with Crippen LogP contribution in [-0.2, 0) is 14.3 Å². The van der Waals surface area contributed by atoms with Crippen LogP contribution in [0.2, 0.25) is 0 Å². The zero-order valence-electron chi connectivity index (χ0n) is 12.3. The smallest absolute Gasteiger partial charge is 0.341 e. The zero-order chi connectivity index (χ0) is 16.4. The van der Waals surface area contributed by atoms with Crippen molar-refractivity contribution in [3.05, 3.63) is 16.0 Å². The van der Waals surface area contributed by atoms with Crippen LogP contribution in [0.5, 0.6) is 0 Å². The fourth-order valence-corrected chi connectivity index (χ4v) is 3.83. The molecule has 1 aliphatic rings. The topological polar surface area (TPSA) is 111 Å². The number of hydrogen-bond acceptors (Lipinski definition) is 7. The van der Waals surface area contributed by atoms with Crippen molar-refractivity contribution in [3.63, 3.8) is 0 Å². The maximum atomic E-state index is 12.1. The average Bonchev–Trinajstić information content (AvgIpc) is 2.89. The van der Waals surface area contributed by atoms with E-state index in [1.165, 1.54) is 18.4 Å². The van der Waals surface area contributed by atoms with Crippen molar-refractivity contribution in [2.75, 3.05) is 12.4 Å². The van der Waals surface area contributed by atoms with Crippen LogP contribution >= 0.6 is 23.1 Å². The predicted molar refractivity (Wildman–Crippen MR) is 86.4 cm³/mol. The first kappa shape index (κ1) is 16.5. The van der Waals surface area contributed by atoms with Crippen LogP contribution in [0.3, 0.4) is 0 Å². The molecule has 118 valence electrons. The van der Waals surface area contributed by atoms with Crippen molar-refractivity contribution in [1.82, 2.24) is 0 Å². The number of thioether (sulfide) groups is 1. The lowest BCUT2D eigenvalue weighted by atomic mass is 10.1. The molecule has 0 bridgehead atoms. The molecule has 0 saturated heterocycles. The van der Waals surface area contributed by atoms with Crippen molar-refractivity contribution < 1.29 is 19.1 Å². The number of ether oxygens (including phenoxy) is 1. The van der Waals surface area contributed by atoms with Crippen molar-refractivity contribution in [2.45, 2.75) is 25.5 Å². The van der Waals surface area contributed by atoms with Crippen molar-refractivity contribution in [3.8, 4) is 0 Å². The number of nitrogens with one attached hydrogen (secondary N) is 1. The Balaban J connectivity index is 2.11. The molecule has 1 aromatic heterocycles. The first-order valence-corrected chi connectivity index (χ1v) is 8.06. The molecule has 9 heteroatoms. The van der Waals surface area contributed by atoms with E-state index in [4.69, 9.17) is 10.5 Å². The molecular formula is C13H15N3O4S2. The van der Waals surface area contributed by atoms with E-state index < -0.39 is 17.1 Å². The third kappa shape index (κ3) is 3.30. The monoisotopic (exact) mass is 341 g/mol. The van der Waals surface area contributed by atoms with Crippen LogP contribution in [0.25, 0.3) is 0 Å². The van der Waals surface area contributed by atoms with Gasteiger partial charge in [-0.15, -0.1) is 11.3 Å². The van der Waals surface area contributed by atoms with Crippen LogP contribution in [0, 0.1) is 13.8 Å².